The average molecular weight is 663 g/mol. The van der Waals surface area contributed by atoms with E-state index in [0.717, 1.165) is 10.2 Å². The molecule has 5 aromatic rings. The van der Waals surface area contributed by atoms with Crippen LogP contribution in [0.25, 0.3) is 20.9 Å². The second-order valence-electron chi connectivity index (χ2n) is 10.3. The van der Waals surface area contributed by atoms with Crippen molar-refractivity contribution in [3.05, 3.63) is 126 Å². The van der Waals surface area contributed by atoms with Gasteiger partial charge in [0, 0.05) is 9.75 Å². The second-order valence-corrected chi connectivity index (χ2v) is 15.2. The molecule has 0 fully saturated rings. The van der Waals surface area contributed by atoms with Gasteiger partial charge in [-0.2, -0.15) is 0 Å². The molecule has 1 atom stereocenters. The van der Waals surface area contributed by atoms with Crippen LogP contribution in [-0.2, 0) is 11.8 Å². The monoisotopic (exact) mass is 660 g/mol. The first-order chi connectivity index (χ1) is 18.5. The van der Waals surface area contributed by atoms with Crippen LogP contribution in [0, 0.1) is 6.92 Å². The van der Waals surface area contributed by atoms with E-state index in [9.17, 15) is 0 Å². The van der Waals surface area contributed by atoms with Crippen molar-refractivity contribution in [2.45, 2.75) is 51.4 Å². The molecule has 2 aromatic heterocycles. The minimum Gasteiger partial charge on any atom is -0.128 e. The lowest BCUT2D eigenvalue weighted by Gasteiger charge is -2.34. The Labute approximate surface area is 251 Å². The van der Waals surface area contributed by atoms with Crippen molar-refractivity contribution < 1.29 is 0 Å². The topological polar surface area (TPSA) is 0 Å². The summed E-state index contributed by atoms with van der Waals surface area (Å²) in [7, 11) is 0. The Hall–Kier alpha value is -1.98. The van der Waals surface area contributed by atoms with Crippen LogP contribution in [0.3, 0.4) is 0 Å². The highest BCUT2D eigenvalue weighted by Crippen LogP contribution is 2.60. The molecular weight excluding hydrogens is 632 g/mol. The molecule has 38 heavy (non-hydrogen) atoms. The van der Waals surface area contributed by atoms with Crippen LogP contribution < -0.4 is 0 Å². The van der Waals surface area contributed by atoms with Crippen LogP contribution in [0.5, 0.6) is 0 Å². The Balaban J connectivity index is 1.56. The van der Waals surface area contributed by atoms with Crippen LogP contribution in [0.1, 0.15) is 66.0 Å². The summed E-state index contributed by atoms with van der Waals surface area (Å²) in [5.74, 6) is 0. The second kappa shape index (κ2) is 10.9. The summed E-state index contributed by atoms with van der Waals surface area (Å²) < 4.78 is 2.35. The van der Waals surface area contributed by atoms with Crippen molar-refractivity contribution >= 4 is 54.5 Å². The molecule has 0 bridgehead atoms. The highest BCUT2D eigenvalue weighted by molar-refractivity contribution is 9.11. The fraction of sp³-hybridized carbons (Fsp3) is 0.235. The maximum atomic E-state index is 3.84. The van der Waals surface area contributed by atoms with E-state index in [-0.39, 0.29) is 5.41 Å². The van der Waals surface area contributed by atoms with E-state index in [1.54, 1.807) is 11.3 Å². The molecule has 0 nitrogen and oxygen atoms in total. The van der Waals surface area contributed by atoms with Crippen molar-refractivity contribution in [3.8, 4) is 20.9 Å². The fourth-order valence-corrected chi connectivity index (χ4v) is 9.01. The number of hydrogen-bond acceptors (Lipinski definition) is 2. The molecule has 0 saturated carbocycles. The lowest BCUT2D eigenvalue weighted by atomic mass is 9.67. The molecule has 0 aliphatic heterocycles. The van der Waals surface area contributed by atoms with E-state index in [4.69, 9.17) is 0 Å². The molecule has 0 spiro atoms. The summed E-state index contributed by atoms with van der Waals surface area (Å²) in [6, 6.07) is 32.6. The minimum atomic E-state index is -0.355. The Bertz CT molecular complexity index is 1570. The summed E-state index contributed by atoms with van der Waals surface area (Å²) in [5.41, 5.74) is 10.4. The Morgan fingerprint density at radius 3 is 2.11 bits per heavy atom. The number of hydrogen-bond donors (Lipinski definition) is 0. The van der Waals surface area contributed by atoms with Crippen molar-refractivity contribution in [2.24, 2.45) is 0 Å². The predicted molar refractivity (Wildman–Crippen MR) is 173 cm³/mol. The first kappa shape index (κ1) is 26.3. The van der Waals surface area contributed by atoms with Gasteiger partial charge in [-0.25, -0.2) is 0 Å². The molecule has 1 unspecified atom stereocenters. The molecule has 0 radical (unpaired) electrons. The Morgan fingerprint density at radius 1 is 0.684 bits per heavy atom. The highest BCUT2D eigenvalue weighted by atomic mass is 79.9. The van der Waals surface area contributed by atoms with Crippen LogP contribution >= 0.6 is 54.5 Å². The first-order valence-corrected chi connectivity index (χ1v) is 16.6. The lowest BCUT2D eigenvalue weighted by Crippen LogP contribution is -2.28. The largest absolute Gasteiger partial charge is 0.128 e. The average Bonchev–Trinajstić information content (AvgIpc) is 3.60. The van der Waals surface area contributed by atoms with E-state index in [0.29, 0.717) is 0 Å². The number of unbranched alkanes of at least 4 members (excludes halogenated alkanes) is 3. The first-order valence-electron chi connectivity index (χ1n) is 13.4. The zero-order chi connectivity index (χ0) is 26.3. The van der Waals surface area contributed by atoms with Gasteiger partial charge in [-0.3, -0.25) is 0 Å². The van der Waals surface area contributed by atoms with Gasteiger partial charge in [-0.05, 0) is 115 Å². The summed E-state index contributed by atoms with van der Waals surface area (Å²) in [5, 5.41) is 0. The molecule has 6 rings (SSSR count). The number of benzene rings is 3. The standard InChI is InChI=1S/C34H30Br2S2/c1-3-4-5-6-7-23-10-15-26(16-11-23)34(25-13-8-22(2)9-14-25)28-20-24(30-18-19-31(35)37-30)12-17-27(28)33-29(34)21-32(36)38-33/h8-21H,3-7H2,1-2H3. The van der Waals surface area contributed by atoms with Crippen molar-refractivity contribution in [1.29, 1.82) is 0 Å². The smallest absolute Gasteiger partial charge is 0.0722 e. The molecule has 0 saturated heterocycles. The summed E-state index contributed by atoms with van der Waals surface area (Å²) in [6.45, 7) is 4.45. The summed E-state index contributed by atoms with van der Waals surface area (Å²) in [6.07, 6.45) is 6.33. The van der Waals surface area contributed by atoms with E-state index >= 15 is 0 Å². The van der Waals surface area contributed by atoms with E-state index < -0.39 is 0 Å². The quantitative estimate of drug-likeness (QED) is 0.142. The van der Waals surface area contributed by atoms with Gasteiger partial charge in [0.05, 0.1) is 13.0 Å². The number of aryl methyl sites for hydroxylation is 2. The maximum Gasteiger partial charge on any atom is 0.0722 e. The molecule has 1 aliphatic rings. The SMILES string of the molecule is CCCCCCc1ccc(C2(c3ccc(C)cc3)c3cc(-c4ccc(Br)s4)ccc3-c3sc(Br)cc32)cc1. The normalized spacial score (nSPS) is 16.0. The highest BCUT2D eigenvalue weighted by Gasteiger charge is 2.47. The van der Waals surface area contributed by atoms with E-state index in [2.05, 4.69) is 131 Å². The third-order valence-electron chi connectivity index (χ3n) is 7.82. The molecule has 4 heteroatoms. The van der Waals surface area contributed by atoms with Gasteiger partial charge in [0.2, 0.25) is 0 Å². The van der Waals surface area contributed by atoms with Gasteiger partial charge in [-0.1, -0.05) is 92.4 Å². The van der Waals surface area contributed by atoms with Gasteiger partial charge in [0.25, 0.3) is 0 Å². The van der Waals surface area contributed by atoms with Crippen LogP contribution in [0.4, 0.5) is 0 Å². The van der Waals surface area contributed by atoms with Gasteiger partial charge in [0.1, 0.15) is 0 Å². The van der Waals surface area contributed by atoms with Gasteiger partial charge >= 0.3 is 0 Å². The third kappa shape index (κ3) is 4.58. The van der Waals surface area contributed by atoms with Crippen molar-refractivity contribution in [2.75, 3.05) is 0 Å². The van der Waals surface area contributed by atoms with E-state index in [1.165, 1.54) is 83.7 Å². The molecule has 0 amide bonds. The Morgan fingerprint density at radius 2 is 1.42 bits per heavy atom. The van der Waals surface area contributed by atoms with Crippen LogP contribution in [-0.4, -0.2) is 0 Å². The maximum absolute atomic E-state index is 3.84. The van der Waals surface area contributed by atoms with Gasteiger partial charge in [-0.15, -0.1) is 22.7 Å². The van der Waals surface area contributed by atoms with Gasteiger partial charge < -0.3 is 0 Å². The Kier molecular flexibility index (Phi) is 7.52. The fourth-order valence-electron chi connectivity index (χ4n) is 5.93. The van der Waals surface area contributed by atoms with Crippen LogP contribution in [0.15, 0.2) is 92.5 Å². The van der Waals surface area contributed by atoms with Crippen molar-refractivity contribution in [1.82, 2.24) is 0 Å². The minimum absolute atomic E-state index is 0.355. The number of halogens is 2. The number of fused-ring (bicyclic) bond motifs is 3. The lowest BCUT2D eigenvalue weighted by molar-refractivity contribution is 0.666. The summed E-state index contributed by atoms with van der Waals surface area (Å²) >= 11 is 11.2. The van der Waals surface area contributed by atoms with Crippen molar-refractivity contribution in [3.63, 3.8) is 0 Å². The van der Waals surface area contributed by atoms with Crippen LogP contribution in [0.2, 0.25) is 0 Å². The zero-order valence-corrected chi connectivity index (χ0v) is 26.5. The molecule has 192 valence electrons. The number of rotatable bonds is 8. The third-order valence-corrected chi connectivity index (χ3v) is 11.2. The zero-order valence-electron chi connectivity index (χ0n) is 21.7. The van der Waals surface area contributed by atoms with Gasteiger partial charge in [0.15, 0.2) is 0 Å². The number of thiophene rings is 2. The van der Waals surface area contributed by atoms with E-state index in [1.807, 2.05) is 11.3 Å². The molecule has 2 heterocycles. The molecule has 3 aromatic carbocycles. The predicted octanol–water partition coefficient (Wildman–Crippen LogP) is 11.8. The summed E-state index contributed by atoms with van der Waals surface area (Å²) in [4.78, 5) is 2.66. The molecule has 0 N–H and O–H groups in total. The molecule has 1 aliphatic carbocycles. The molecular formula is C34H30Br2S2.